The van der Waals surface area contributed by atoms with E-state index in [1.807, 2.05) is 7.85 Å². The number of aliphatic hydroxyl groups excluding tert-OH is 2. The summed E-state index contributed by atoms with van der Waals surface area (Å²) in [6, 6.07) is -0.203. The lowest BCUT2D eigenvalue weighted by Gasteiger charge is -2.28. The Kier molecular flexibility index (Phi) is 2.33. The Labute approximate surface area is 77.0 Å². The van der Waals surface area contributed by atoms with Crippen LogP contribution in [0.5, 0.6) is 0 Å². The minimum absolute atomic E-state index is 0.150. The van der Waals surface area contributed by atoms with Crippen molar-refractivity contribution in [2.45, 2.75) is 23.8 Å². The number of hydrogen-bond acceptors (Lipinski definition) is 5. The van der Waals surface area contributed by atoms with Crippen LogP contribution in [-0.4, -0.2) is 61.9 Å². The molecule has 2 aliphatic heterocycles. The highest BCUT2D eigenvalue weighted by atomic mass is 16.7. The molecule has 2 rings (SSSR count). The molecule has 5 nitrogen and oxygen atoms in total. The lowest BCUT2D eigenvalue weighted by molar-refractivity contribution is -0.162. The zero-order valence-corrected chi connectivity index (χ0v) is 7.47. The molecule has 0 spiro atoms. The van der Waals surface area contributed by atoms with Crippen molar-refractivity contribution in [1.82, 2.24) is 0 Å². The van der Waals surface area contributed by atoms with E-state index in [0.29, 0.717) is 0 Å². The third kappa shape index (κ3) is 1.29. The predicted octanol–water partition coefficient (Wildman–Crippen LogP) is -2.56. The van der Waals surface area contributed by atoms with Gasteiger partial charge in [-0.3, -0.25) is 0 Å². The monoisotopic (exact) mass is 188 g/mol. The maximum absolute atomic E-state index is 9.82. The van der Waals surface area contributed by atoms with Gasteiger partial charge in [-0.25, -0.2) is 0 Å². The molecular formula is C7H13BO5. The summed E-state index contributed by atoms with van der Waals surface area (Å²) in [7, 11) is 1.82. The first-order valence-corrected chi connectivity index (χ1v) is 4.36. The minimum atomic E-state index is -0.986. The number of ether oxygens (including phenoxy) is 3. The van der Waals surface area contributed by atoms with Gasteiger partial charge >= 0.3 is 0 Å². The lowest BCUT2D eigenvalue weighted by atomic mass is 9.90. The highest BCUT2D eigenvalue weighted by Gasteiger charge is 2.54. The molecule has 0 aromatic rings. The second-order valence-corrected chi connectivity index (χ2v) is 3.59. The van der Waals surface area contributed by atoms with E-state index >= 15 is 0 Å². The van der Waals surface area contributed by atoms with Crippen LogP contribution >= 0.6 is 0 Å². The van der Waals surface area contributed by atoms with E-state index in [-0.39, 0.29) is 26.0 Å². The van der Waals surface area contributed by atoms with Gasteiger partial charge in [0, 0.05) is 0 Å². The summed E-state index contributed by atoms with van der Waals surface area (Å²) >= 11 is 0. The fraction of sp³-hybridized carbons (Fsp3) is 1.00. The molecular weight excluding hydrogens is 175 g/mol. The van der Waals surface area contributed by atoms with Crippen molar-refractivity contribution in [3.63, 3.8) is 0 Å². The van der Waals surface area contributed by atoms with Crippen LogP contribution < -0.4 is 0 Å². The van der Waals surface area contributed by atoms with Crippen LogP contribution in [-0.2, 0) is 14.2 Å². The quantitative estimate of drug-likeness (QED) is 0.443. The standard InChI is InChI=1S/C7H13BO5/c8-6-4-5(10)7(1-9,13-6)2-11-3-12-4/h4-6,9-10H,1-3,8H2/t4?,5?,6-,7+/m1/s1. The highest BCUT2D eigenvalue weighted by Crippen LogP contribution is 2.33. The average molecular weight is 188 g/mol. The average Bonchev–Trinajstić information content (AvgIpc) is 2.26. The van der Waals surface area contributed by atoms with Crippen molar-refractivity contribution < 1.29 is 24.4 Å². The first-order chi connectivity index (χ1) is 6.19. The molecule has 2 heterocycles. The van der Waals surface area contributed by atoms with Crippen molar-refractivity contribution in [2.75, 3.05) is 20.0 Å². The largest absolute Gasteiger partial charge is 0.393 e. The van der Waals surface area contributed by atoms with Gasteiger partial charge in [-0.15, -0.1) is 0 Å². The van der Waals surface area contributed by atoms with Crippen LogP contribution in [0.25, 0.3) is 0 Å². The molecule has 4 atom stereocenters. The molecule has 2 unspecified atom stereocenters. The van der Waals surface area contributed by atoms with Gasteiger partial charge in [0.1, 0.15) is 32.4 Å². The molecule has 2 saturated heterocycles. The van der Waals surface area contributed by atoms with Crippen molar-refractivity contribution in [3.05, 3.63) is 0 Å². The molecule has 6 heteroatoms. The van der Waals surface area contributed by atoms with E-state index in [1.54, 1.807) is 0 Å². The molecule has 0 amide bonds. The third-order valence-corrected chi connectivity index (χ3v) is 2.69. The minimum Gasteiger partial charge on any atom is -0.393 e. The van der Waals surface area contributed by atoms with Crippen LogP contribution in [0.15, 0.2) is 0 Å². The summed E-state index contributed by atoms with van der Waals surface area (Å²) in [5.74, 6) is 0. The first kappa shape index (κ1) is 9.42. The Balaban J connectivity index is 2.24. The van der Waals surface area contributed by atoms with Crippen LogP contribution in [0.4, 0.5) is 0 Å². The van der Waals surface area contributed by atoms with Gasteiger partial charge in [0.25, 0.3) is 0 Å². The van der Waals surface area contributed by atoms with Gasteiger partial charge in [-0.2, -0.15) is 0 Å². The van der Waals surface area contributed by atoms with E-state index in [1.165, 1.54) is 0 Å². The van der Waals surface area contributed by atoms with E-state index in [4.69, 9.17) is 19.3 Å². The predicted molar refractivity (Wildman–Crippen MR) is 44.9 cm³/mol. The van der Waals surface area contributed by atoms with Gasteiger partial charge in [0.05, 0.1) is 19.2 Å². The molecule has 0 radical (unpaired) electrons. The molecule has 0 aliphatic carbocycles. The molecule has 0 aromatic carbocycles. The fourth-order valence-electron chi connectivity index (χ4n) is 1.93. The second kappa shape index (κ2) is 3.22. The van der Waals surface area contributed by atoms with Gasteiger partial charge in [0.2, 0.25) is 0 Å². The Morgan fingerprint density at radius 1 is 1.54 bits per heavy atom. The lowest BCUT2D eigenvalue weighted by Crippen LogP contribution is -2.48. The summed E-state index contributed by atoms with van der Waals surface area (Å²) in [6.07, 6.45) is -1.20. The summed E-state index contributed by atoms with van der Waals surface area (Å²) < 4.78 is 15.8. The van der Waals surface area contributed by atoms with E-state index in [9.17, 15) is 5.11 Å². The number of hydrogen-bond donors (Lipinski definition) is 2. The SMILES string of the molecule is B[C@@H]1O[C@@]2(CO)COCOC1C2O. The molecule has 2 fully saturated rings. The Morgan fingerprint density at radius 2 is 2.31 bits per heavy atom. The van der Waals surface area contributed by atoms with E-state index < -0.39 is 17.8 Å². The van der Waals surface area contributed by atoms with Crippen molar-refractivity contribution in [3.8, 4) is 0 Å². The maximum Gasteiger partial charge on any atom is 0.147 e. The summed E-state index contributed by atoms with van der Waals surface area (Å²) in [5, 5.41) is 19.0. The normalized spacial score (nSPS) is 50.5. The topological polar surface area (TPSA) is 68.2 Å². The van der Waals surface area contributed by atoms with Gasteiger partial charge < -0.3 is 24.4 Å². The smallest absolute Gasteiger partial charge is 0.147 e. The highest BCUT2D eigenvalue weighted by molar-refractivity contribution is 6.11. The molecule has 74 valence electrons. The van der Waals surface area contributed by atoms with Crippen LogP contribution in [0, 0.1) is 0 Å². The summed E-state index contributed by atoms with van der Waals surface area (Å²) in [5.41, 5.74) is -0.986. The molecule has 2 N–H and O–H groups in total. The fourth-order valence-corrected chi connectivity index (χ4v) is 1.93. The van der Waals surface area contributed by atoms with Crippen LogP contribution in [0.1, 0.15) is 0 Å². The van der Waals surface area contributed by atoms with Crippen molar-refractivity contribution in [1.29, 1.82) is 0 Å². The maximum atomic E-state index is 9.82. The molecule has 13 heavy (non-hydrogen) atoms. The van der Waals surface area contributed by atoms with Crippen LogP contribution in [0.2, 0.25) is 0 Å². The number of rotatable bonds is 1. The van der Waals surface area contributed by atoms with Crippen LogP contribution in [0.3, 0.4) is 0 Å². The number of fused-ring (bicyclic) bond motifs is 2. The zero-order valence-electron chi connectivity index (χ0n) is 7.47. The molecule has 2 bridgehead atoms. The first-order valence-electron chi connectivity index (χ1n) is 4.36. The third-order valence-electron chi connectivity index (χ3n) is 2.69. The second-order valence-electron chi connectivity index (χ2n) is 3.59. The van der Waals surface area contributed by atoms with E-state index in [0.717, 1.165) is 0 Å². The Hall–Kier alpha value is -0.135. The van der Waals surface area contributed by atoms with E-state index in [2.05, 4.69) is 0 Å². The molecule has 0 saturated carbocycles. The zero-order chi connectivity index (χ0) is 9.47. The summed E-state index contributed by atoms with van der Waals surface area (Å²) in [6.45, 7) is 0.0705. The Morgan fingerprint density at radius 3 is 3.00 bits per heavy atom. The number of aliphatic hydroxyl groups is 2. The molecule has 0 aromatic heterocycles. The summed E-state index contributed by atoms with van der Waals surface area (Å²) in [4.78, 5) is 0. The van der Waals surface area contributed by atoms with Gasteiger partial charge in [-0.05, 0) is 0 Å². The van der Waals surface area contributed by atoms with Crippen molar-refractivity contribution in [2.24, 2.45) is 0 Å². The Bertz CT molecular complexity index is 201. The van der Waals surface area contributed by atoms with Gasteiger partial charge in [-0.1, -0.05) is 0 Å². The van der Waals surface area contributed by atoms with Gasteiger partial charge in [0.15, 0.2) is 0 Å². The van der Waals surface area contributed by atoms with Crippen molar-refractivity contribution >= 4 is 7.85 Å². The molecule has 2 aliphatic rings.